The molecule has 43 heavy (non-hydrogen) atoms. The Morgan fingerprint density at radius 2 is 1.88 bits per heavy atom. The molecule has 4 aromatic rings. The van der Waals surface area contributed by atoms with Gasteiger partial charge in [-0.05, 0) is 79.3 Å². The average molecular weight is 775 g/mol. The Bertz CT molecular complexity index is 1460. The van der Waals surface area contributed by atoms with Gasteiger partial charge in [0.05, 0.1) is 5.69 Å². The normalized spacial score (nSPS) is 13.0. The summed E-state index contributed by atoms with van der Waals surface area (Å²) in [5.41, 5.74) is 5.89. The summed E-state index contributed by atoms with van der Waals surface area (Å²) in [7, 11) is 1.62. The summed E-state index contributed by atoms with van der Waals surface area (Å²) in [5.74, 6) is 0.683. The molecule has 1 aliphatic rings. The minimum atomic E-state index is -0.194. The molecule has 0 unspecified atom stereocenters. The standard InChI is InChI=1S/C29H28N6O2.C3H7O2.Pb/c1-20-4-5-23(17-27(20)34-29-31-14-10-26(33-29)24-3-2-13-30-18-24)28(37)32-25-8-6-21(7-9-25)22-11-15-35(19-36)16-12-22;1-4-3-5-2;/h2-10,13-14,17-19,22H,11-12,15-16H2,1H3,(H,32,37)(H,31,33,34);1,3H2,2H3;. The van der Waals surface area contributed by atoms with Crippen LogP contribution in [0.1, 0.15) is 40.2 Å². The zero-order valence-electron chi connectivity index (χ0n) is 24.3. The van der Waals surface area contributed by atoms with E-state index in [1.165, 1.54) is 5.56 Å². The van der Waals surface area contributed by atoms with Crippen molar-refractivity contribution in [2.75, 3.05) is 41.8 Å². The van der Waals surface area contributed by atoms with Gasteiger partial charge in [0.1, 0.15) is 0 Å². The molecule has 1 saturated heterocycles. The molecule has 0 aliphatic carbocycles. The summed E-state index contributed by atoms with van der Waals surface area (Å²) in [6.07, 6.45) is 8.01. The maximum Gasteiger partial charge on any atom is 0.255 e. The van der Waals surface area contributed by atoms with Gasteiger partial charge in [0.15, 0.2) is 0 Å². The van der Waals surface area contributed by atoms with Crippen LogP contribution in [0, 0.1) is 6.92 Å². The number of nitrogens with one attached hydrogen (secondary N) is 2. The Hall–Kier alpha value is -3.75. The van der Waals surface area contributed by atoms with Crippen LogP contribution in [-0.4, -0.2) is 89.1 Å². The Kier molecular flexibility index (Phi) is 12.6. The van der Waals surface area contributed by atoms with Crippen LogP contribution in [0.15, 0.2) is 79.3 Å². The molecule has 3 heterocycles. The second-order valence-corrected chi connectivity index (χ2v) is 11.0. The smallest absolute Gasteiger partial charge is 0.255 e. The van der Waals surface area contributed by atoms with E-state index in [-0.39, 0.29) is 5.91 Å². The molecule has 5 rings (SSSR count). The van der Waals surface area contributed by atoms with Gasteiger partial charge in [0.2, 0.25) is 12.4 Å². The molecule has 0 saturated carbocycles. The van der Waals surface area contributed by atoms with Crippen molar-refractivity contribution in [1.82, 2.24) is 19.9 Å². The number of carbonyl (C=O) groups excluding carboxylic acids is 2. The fraction of sp³-hybridized carbons (Fsp3) is 0.281. The second kappa shape index (κ2) is 16.8. The number of carbonyl (C=O) groups is 2. The second-order valence-electron chi connectivity index (χ2n) is 9.91. The van der Waals surface area contributed by atoms with E-state index in [0.717, 1.165) is 90.5 Å². The van der Waals surface area contributed by atoms with Gasteiger partial charge in [0.25, 0.3) is 5.91 Å². The van der Waals surface area contributed by atoms with Crippen LogP contribution in [0.25, 0.3) is 11.3 Å². The summed E-state index contributed by atoms with van der Waals surface area (Å²) < 4.78 is 10.3. The van der Waals surface area contributed by atoms with Crippen LogP contribution in [0.4, 0.5) is 17.3 Å². The molecule has 2 amide bonds. The number of aryl methyl sites for hydroxylation is 1. The van der Waals surface area contributed by atoms with Crippen molar-refractivity contribution in [2.45, 2.75) is 25.7 Å². The molecule has 11 heteroatoms. The number of ether oxygens (including phenoxy) is 2. The van der Waals surface area contributed by atoms with Crippen molar-refractivity contribution < 1.29 is 19.1 Å². The molecular formula is C32H35N6O4Pb. The molecule has 0 spiro atoms. The molecule has 0 bridgehead atoms. The third kappa shape index (κ3) is 9.63. The minimum absolute atomic E-state index is 0.194. The number of hydrogen-bond donors (Lipinski definition) is 2. The summed E-state index contributed by atoms with van der Waals surface area (Å²) in [6, 6.07) is 19.1. The van der Waals surface area contributed by atoms with Gasteiger partial charge in [-0.3, -0.25) is 14.6 Å². The summed E-state index contributed by atoms with van der Waals surface area (Å²) >= 11 is 1.10. The molecule has 10 nitrogen and oxygen atoms in total. The van der Waals surface area contributed by atoms with E-state index in [1.54, 1.807) is 37.8 Å². The van der Waals surface area contributed by atoms with Gasteiger partial charge in [-0.2, -0.15) is 0 Å². The van der Waals surface area contributed by atoms with Crippen LogP contribution in [-0.2, 0) is 14.3 Å². The van der Waals surface area contributed by atoms with E-state index in [4.69, 9.17) is 4.74 Å². The average Bonchev–Trinajstić information content (AvgIpc) is 3.06. The fourth-order valence-corrected chi connectivity index (χ4v) is 4.94. The zero-order chi connectivity index (χ0) is 30.4. The van der Waals surface area contributed by atoms with Crippen molar-refractivity contribution in [3.63, 3.8) is 0 Å². The first-order chi connectivity index (χ1) is 21.0. The van der Waals surface area contributed by atoms with Crippen LogP contribution in [0.5, 0.6) is 0 Å². The van der Waals surface area contributed by atoms with E-state index >= 15 is 0 Å². The van der Waals surface area contributed by atoms with E-state index in [9.17, 15) is 9.59 Å². The number of methoxy groups -OCH3 is 1. The third-order valence-corrected chi connectivity index (χ3v) is 7.77. The zero-order valence-corrected chi connectivity index (χ0v) is 28.2. The minimum Gasteiger partial charge on any atom is -0.345 e. The molecule has 2 aromatic heterocycles. The Morgan fingerprint density at radius 3 is 2.53 bits per heavy atom. The van der Waals surface area contributed by atoms with Crippen LogP contribution in [0.2, 0.25) is 0 Å². The predicted octanol–water partition coefficient (Wildman–Crippen LogP) is 4.91. The number of benzene rings is 2. The van der Waals surface area contributed by atoms with Crippen molar-refractivity contribution >= 4 is 55.4 Å². The molecule has 1 aliphatic heterocycles. The number of likely N-dealkylation sites (tertiary alicyclic amines) is 1. The van der Waals surface area contributed by atoms with Gasteiger partial charge >= 0.3 is 53.3 Å². The van der Waals surface area contributed by atoms with Gasteiger partial charge in [-0.1, -0.05) is 18.2 Å². The SMILES string of the molecule is COCO[CH2][Pb].Cc1ccc(C(=O)Nc2ccc(C3CCN(C=O)CC3)cc2)cc1Nc1nccc(-c2cccnc2)n1. The van der Waals surface area contributed by atoms with E-state index in [0.29, 0.717) is 24.2 Å². The number of amides is 2. The number of nitrogens with zero attached hydrogens (tertiary/aromatic N) is 4. The monoisotopic (exact) mass is 775 g/mol. The van der Waals surface area contributed by atoms with Crippen LogP contribution in [0.3, 0.4) is 0 Å². The number of anilines is 3. The molecule has 1 fully saturated rings. The van der Waals surface area contributed by atoms with Gasteiger partial charge in [-0.15, -0.1) is 0 Å². The van der Waals surface area contributed by atoms with E-state index in [2.05, 4.69) is 42.5 Å². The van der Waals surface area contributed by atoms with E-state index in [1.807, 2.05) is 48.2 Å². The number of aromatic nitrogens is 3. The fourth-order valence-electron chi connectivity index (χ4n) is 4.62. The molecular weight excluding hydrogens is 740 g/mol. The van der Waals surface area contributed by atoms with Crippen molar-refractivity contribution in [3.8, 4) is 11.3 Å². The van der Waals surface area contributed by atoms with Crippen LogP contribution < -0.4 is 10.6 Å². The number of hydrogen-bond acceptors (Lipinski definition) is 8. The predicted molar refractivity (Wildman–Crippen MR) is 167 cm³/mol. The number of pyridine rings is 1. The first-order valence-corrected chi connectivity index (χ1v) is 16.7. The van der Waals surface area contributed by atoms with Gasteiger partial charge in [0, 0.05) is 54.2 Å². The summed E-state index contributed by atoms with van der Waals surface area (Å²) in [4.78, 5) is 38.8. The molecule has 3 radical (unpaired) electrons. The molecule has 2 aromatic carbocycles. The topological polar surface area (TPSA) is 119 Å². The van der Waals surface area contributed by atoms with Crippen molar-refractivity contribution in [3.05, 3.63) is 95.9 Å². The Morgan fingerprint density at radius 1 is 1.09 bits per heavy atom. The molecule has 0 atom stereocenters. The van der Waals surface area contributed by atoms with Gasteiger partial charge in [-0.25, -0.2) is 9.97 Å². The van der Waals surface area contributed by atoms with E-state index < -0.39 is 0 Å². The van der Waals surface area contributed by atoms with Crippen molar-refractivity contribution in [2.24, 2.45) is 0 Å². The maximum atomic E-state index is 13.0. The molecule has 221 valence electrons. The Labute approximate surface area is 267 Å². The quantitative estimate of drug-likeness (QED) is 0.101. The first kappa shape index (κ1) is 32.2. The summed E-state index contributed by atoms with van der Waals surface area (Å²) in [5, 5.41) is 6.23. The maximum absolute atomic E-state index is 13.0. The first-order valence-electron chi connectivity index (χ1n) is 13.9. The molecule has 2 N–H and O–H groups in total. The number of rotatable bonds is 10. The summed E-state index contributed by atoms with van der Waals surface area (Å²) in [6.45, 7) is 3.99. The van der Waals surface area contributed by atoms with Gasteiger partial charge < -0.3 is 15.5 Å². The third-order valence-electron chi connectivity index (χ3n) is 6.98. The van der Waals surface area contributed by atoms with Crippen molar-refractivity contribution in [1.29, 1.82) is 0 Å². The van der Waals surface area contributed by atoms with Crippen LogP contribution >= 0.6 is 0 Å². The number of piperidine rings is 1. The Balaban J connectivity index is 0.000000641. The largest absolute Gasteiger partial charge is 0.345 e.